The van der Waals surface area contributed by atoms with Crippen molar-refractivity contribution in [1.29, 1.82) is 0 Å². The van der Waals surface area contributed by atoms with Crippen molar-refractivity contribution < 1.29 is 19.1 Å². The van der Waals surface area contributed by atoms with Crippen molar-refractivity contribution in [1.82, 2.24) is 5.32 Å². The molecule has 0 aliphatic carbocycles. The van der Waals surface area contributed by atoms with E-state index in [2.05, 4.69) is 10.1 Å². The number of hydrogen-bond acceptors (Lipinski definition) is 4. The maximum absolute atomic E-state index is 11.1. The summed E-state index contributed by atoms with van der Waals surface area (Å²) in [6.07, 6.45) is -1.37. The smallest absolute Gasteiger partial charge is 0.408 e. The molecule has 0 unspecified atom stereocenters. The molecule has 1 amide bonds. The molecule has 1 aliphatic heterocycles. The van der Waals surface area contributed by atoms with Crippen molar-refractivity contribution in [3.05, 3.63) is 0 Å². The Kier molecular flexibility index (Phi) is 2.75. The largest absolute Gasteiger partial charge is 0.466 e. The molecule has 1 rings (SSSR count). The third-order valence-electron chi connectivity index (χ3n) is 2.00. The third-order valence-corrected chi connectivity index (χ3v) is 2.00. The highest BCUT2D eigenvalue weighted by atomic mass is 16.6. The number of rotatable bonds is 2. The highest BCUT2D eigenvalue weighted by Gasteiger charge is 2.41. The van der Waals surface area contributed by atoms with Crippen molar-refractivity contribution in [2.45, 2.75) is 26.0 Å². The fourth-order valence-corrected chi connectivity index (χ4v) is 1.26. The topological polar surface area (TPSA) is 64.6 Å². The zero-order chi connectivity index (χ0) is 10.0. The number of alkyl carbamates (subject to hydrolysis) is 1. The zero-order valence-electron chi connectivity index (χ0n) is 7.87. The summed E-state index contributed by atoms with van der Waals surface area (Å²) < 4.78 is 9.27. The monoisotopic (exact) mass is 187 g/mol. The van der Waals surface area contributed by atoms with Gasteiger partial charge in [0.05, 0.1) is 13.2 Å². The highest BCUT2D eigenvalue weighted by molar-refractivity contribution is 5.83. The number of amides is 1. The van der Waals surface area contributed by atoms with Gasteiger partial charge < -0.3 is 14.8 Å². The van der Waals surface area contributed by atoms with E-state index in [4.69, 9.17) is 4.74 Å². The molecule has 5 heteroatoms. The number of hydrogen-bond donors (Lipinski definition) is 1. The van der Waals surface area contributed by atoms with Crippen LogP contribution in [0.15, 0.2) is 0 Å². The van der Waals surface area contributed by atoms with Gasteiger partial charge in [-0.05, 0) is 5.92 Å². The number of methoxy groups -OCH3 is 1. The molecule has 74 valence electrons. The van der Waals surface area contributed by atoms with Crippen molar-refractivity contribution >= 4 is 12.1 Å². The molecule has 0 radical (unpaired) electrons. The second kappa shape index (κ2) is 3.64. The van der Waals surface area contributed by atoms with Gasteiger partial charge in [0.2, 0.25) is 6.10 Å². The summed E-state index contributed by atoms with van der Waals surface area (Å²) in [7, 11) is 1.27. The van der Waals surface area contributed by atoms with Gasteiger partial charge in [-0.2, -0.15) is 0 Å². The lowest BCUT2D eigenvalue weighted by atomic mass is 10.00. The van der Waals surface area contributed by atoms with Crippen LogP contribution in [0.5, 0.6) is 0 Å². The average molecular weight is 187 g/mol. The van der Waals surface area contributed by atoms with Crippen LogP contribution in [-0.2, 0) is 14.3 Å². The van der Waals surface area contributed by atoms with Gasteiger partial charge in [0.25, 0.3) is 0 Å². The van der Waals surface area contributed by atoms with E-state index >= 15 is 0 Å². The summed E-state index contributed by atoms with van der Waals surface area (Å²) in [6, 6.07) is -0.292. The van der Waals surface area contributed by atoms with Crippen LogP contribution < -0.4 is 5.32 Å². The number of carbonyl (C=O) groups excluding carboxylic acids is 2. The number of carbonyl (C=O) groups is 2. The Morgan fingerprint density at radius 3 is 2.69 bits per heavy atom. The maximum atomic E-state index is 11.1. The van der Waals surface area contributed by atoms with Crippen LogP contribution >= 0.6 is 0 Å². The normalized spacial score (nSPS) is 26.9. The third kappa shape index (κ3) is 1.91. The minimum absolute atomic E-state index is 0.135. The van der Waals surface area contributed by atoms with Crippen LogP contribution in [0.1, 0.15) is 13.8 Å². The number of esters is 1. The fraction of sp³-hybridized carbons (Fsp3) is 0.750. The van der Waals surface area contributed by atoms with Crippen molar-refractivity contribution in [3.63, 3.8) is 0 Å². The van der Waals surface area contributed by atoms with E-state index in [9.17, 15) is 9.59 Å². The van der Waals surface area contributed by atoms with Crippen LogP contribution in [-0.4, -0.2) is 31.3 Å². The maximum Gasteiger partial charge on any atom is 0.408 e. The Bertz CT molecular complexity index is 226. The van der Waals surface area contributed by atoms with E-state index in [0.29, 0.717) is 0 Å². The van der Waals surface area contributed by atoms with Crippen LogP contribution in [0.25, 0.3) is 0 Å². The molecule has 0 aromatic heterocycles. The van der Waals surface area contributed by atoms with Gasteiger partial charge in [0, 0.05) is 0 Å². The predicted octanol–water partition coefficient (Wildman–Crippen LogP) is 0.292. The summed E-state index contributed by atoms with van der Waals surface area (Å²) in [4.78, 5) is 22.0. The lowest BCUT2D eigenvalue weighted by Gasteiger charge is -2.17. The number of ether oxygens (including phenoxy) is 2. The van der Waals surface area contributed by atoms with Gasteiger partial charge in [-0.1, -0.05) is 13.8 Å². The summed E-state index contributed by atoms with van der Waals surface area (Å²) in [6.45, 7) is 3.80. The van der Waals surface area contributed by atoms with E-state index in [1.165, 1.54) is 7.11 Å². The first-order valence-electron chi connectivity index (χ1n) is 4.11. The molecule has 1 aliphatic rings. The standard InChI is InChI=1S/C8H13NO4/c1-4(2)5-6(7(10)12-3)13-8(11)9-5/h4-6H,1-3H3,(H,9,11)/t5-,6-/m0/s1. The summed E-state index contributed by atoms with van der Waals surface area (Å²) in [5.74, 6) is -0.382. The SMILES string of the molecule is COC(=O)[C@H]1OC(=O)N[C@H]1C(C)C. The van der Waals surface area contributed by atoms with Crippen LogP contribution in [0, 0.1) is 5.92 Å². The quantitative estimate of drug-likeness (QED) is 0.631. The molecule has 1 fully saturated rings. The Balaban J connectivity index is 2.71. The predicted molar refractivity (Wildman–Crippen MR) is 44.0 cm³/mol. The minimum atomic E-state index is -0.808. The first-order chi connectivity index (χ1) is 6.06. The van der Waals surface area contributed by atoms with Gasteiger partial charge in [-0.3, -0.25) is 0 Å². The van der Waals surface area contributed by atoms with E-state index in [-0.39, 0.29) is 12.0 Å². The van der Waals surface area contributed by atoms with E-state index in [1.54, 1.807) is 0 Å². The van der Waals surface area contributed by atoms with E-state index < -0.39 is 18.2 Å². The second-order valence-electron chi connectivity index (χ2n) is 3.26. The van der Waals surface area contributed by atoms with Gasteiger partial charge in [0.1, 0.15) is 0 Å². The van der Waals surface area contributed by atoms with Crippen molar-refractivity contribution in [2.75, 3.05) is 7.11 Å². The van der Waals surface area contributed by atoms with Gasteiger partial charge in [0.15, 0.2) is 0 Å². The molecule has 0 spiro atoms. The van der Waals surface area contributed by atoms with Crippen LogP contribution in [0.4, 0.5) is 4.79 Å². The molecule has 0 aromatic carbocycles. The minimum Gasteiger partial charge on any atom is -0.466 e. The lowest BCUT2D eigenvalue weighted by Crippen LogP contribution is -2.41. The van der Waals surface area contributed by atoms with Gasteiger partial charge in [-0.15, -0.1) is 0 Å². The average Bonchev–Trinajstić information content (AvgIpc) is 2.46. The highest BCUT2D eigenvalue weighted by Crippen LogP contribution is 2.17. The first-order valence-corrected chi connectivity index (χ1v) is 4.11. The zero-order valence-corrected chi connectivity index (χ0v) is 7.87. The summed E-state index contributed by atoms with van der Waals surface area (Å²) in [5.41, 5.74) is 0. The Labute approximate surface area is 76.4 Å². The van der Waals surface area contributed by atoms with Gasteiger partial charge >= 0.3 is 12.1 Å². The summed E-state index contributed by atoms with van der Waals surface area (Å²) >= 11 is 0. The van der Waals surface area contributed by atoms with Gasteiger partial charge in [-0.25, -0.2) is 9.59 Å². The number of cyclic esters (lactones) is 1. The van der Waals surface area contributed by atoms with Crippen molar-refractivity contribution in [2.24, 2.45) is 5.92 Å². The molecule has 1 heterocycles. The molecule has 0 saturated carbocycles. The Morgan fingerprint density at radius 2 is 2.23 bits per heavy atom. The molecule has 13 heavy (non-hydrogen) atoms. The van der Waals surface area contributed by atoms with Crippen molar-refractivity contribution in [3.8, 4) is 0 Å². The lowest BCUT2D eigenvalue weighted by molar-refractivity contribution is -0.150. The first kappa shape index (κ1) is 9.83. The molecule has 0 aromatic rings. The van der Waals surface area contributed by atoms with Crippen LogP contribution in [0.3, 0.4) is 0 Å². The Hall–Kier alpha value is -1.26. The Morgan fingerprint density at radius 1 is 1.62 bits per heavy atom. The molecular weight excluding hydrogens is 174 g/mol. The van der Waals surface area contributed by atoms with E-state index in [0.717, 1.165) is 0 Å². The molecular formula is C8H13NO4. The summed E-state index contributed by atoms with van der Waals surface area (Å²) in [5, 5.41) is 2.56. The molecule has 1 N–H and O–H groups in total. The molecule has 2 atom stereocenters. The molecule has 0 bridgehead atoms. The van der Waals surface area contributed by atoms with Crippen LogP contribution in [0.2, 0.25) is 0 Å². The molecule has 1 saturated heterocycles. The molecule has 5 nitrogen and oxygen atoms in total. The number of nitrogens with one attached hydrogen (secondary N) is 1. The second-order valence-corrected chi connectivity index (χ2v) is 3.26. The van der Waals surface area contributed by atoms with E-state index in [1.807, 2.05) is 13.8 Å². The fourth-order valence-electron chi connectivity index (χ4n) is 1.26.